The van der Waals surface area contributed by atoms with Gasteiger partial charge in [0.15, 0.2) is 0 Å². The highest BCUT2D eigenvalue weighted by Crippen LogP contribution is 2.13. The zero-order valence-electron chi connectivity index (χ0n) is 12.2. The molecule has 0 spiro atoms. The lowest BCUT2D eigenvalue weighted by atomic mass is 10.2. The van der Waals surface area contributed by atoms with Crippen molar-refractivity contribution in [2.24, 2.45) is 5.92 Å². The summed E-state index contributed by atoms with van der Waals surface area (Å²) in [5.41, 5.74) is 2.39. The molecule has 1 rings (SSSR count). The smallest absolute Gasteiger partial charge is 0.0562 e. The van der Waals surface area contributed by atoms with Crippen molar-refractivity contribution in [1.29, 1.82) is 0 Å². The summed E-state index contributed by atoms with van der Waals surface area (Å²) in [6.07, 6.45) is 4.38. The molecule has 0 amide bonds. The number of pyridine rings is 1. The normalized spacial score (nSPS) is 10.9. The van der Waals surface area contributed by atoms with Crippen LogP contribution in [0.3, 0.4) is 0 Å². The number of rotatable bonds is 8. The van der Waals surface area contributed by atoms with Crippen LogP contribution >= 0.6 is 0 Å². The Bertz CT molecular complexity index is 336. The van der Waals surface area contributed by atoms with E-state index in [2.05, 4.69) is 55.2 Å². The minimum absolute atomic E-state index is 0.681. The zero-order valence-corrected chi connectivity index (χ0v) is 12.2. The van der Waals surface area contributed by atoms with E-state index in [-0.39, 0.29) is 0 Å². The predicted octanol–water partition coefficient (Wildman–Crippen LogP) is 3.06. The van der Waals surface area contributed by atoms with Gasteiger partial charge in [0.05, 0.1) is 5.69 Å². The molecule has 0 radical (unpaired) electrons. The van der Waals surface area contributed by atoms with Crippen LogP contribution < -0.4 is 10.2 Å². The van der Waals surface area contributed by atoms with E-state index in [0.29, 0.717) is 5.92 Å². The molecule has 0 saturated heterocycles. The van der Waals surface area contributed by atoms with E-state index in [4.69, 9.17) is 0 Å². The van der Waals surface area contributed by atoms with E-state index in [0.717, 1.165) is 25.3 Å². The third-order valence-electron chi connectivity index (χ3n) is 2.95. The monoisotopic (exact) mass is 249 g/mol. The average Bonchev–Trinajstić information content (AvgIpc) is 2.36. The molecule has 1 aromatic heterocycles. The van der Waals surface area contributed by atoms with Gasteiger partial charge in [-0.3, -0.25) is 4.98 Å². The number of anilines is 1. The molecule has 0 saturated carbocycles. The minimum Gasteiger partial charge on any atom is -0.375 e. The summed E-state index contributed by atoms with van der Waals surface area (Å²) in [6.45, 7) is 9.66. The Kier molecular flexibility index (Phi) is 6.73. The molecule has 0 fully saturated rings. The molecule has 0 aliphatic heterocycles. The van der Waals surface area contributed by atoms with Gasteiger partial charge in [0.25, 0.3) is 0 Å². The topological polar surface area (TPSA) is 28.2 Å². The molecule has 0 aliphatic carbocycles. The molecular formula is C15H27N3. The third-order valence-corrected chi connectivity index (χ3v) is 2.95. The van der Waals surface area contributed by atoms with Crippen molar-refractivity contribution in [3.8, 4) is 0 Å². The maximum absolute atomic E-state index is 4.41. The van der Waals surface area contributed by atoms with E-state index in [1.165, 1.54) is 18.5 Å². The number of nitrogens with zero attached hydrogens (tertiary/aromatic N) is 2. The van der Waals surface area contributed by atoms with Crippen molar-refractivity contribution in [3.05, 3.63) is 24.0 Å². The molecule has 102 valence electrons. The first kappa shape index (κ1) is 15.0. The molecule has 3 nitrogen and oxygen atoms in total. The van der Waals surface area contributed by atoms with Crippen molar-refractivity contribution in [3.63, 3.8) is 0 Å². The van der Waals surface area contributed by atoms with E-state index >= 15 is 0 Å². The maximum Gasteiger partial charge on any atom is 0.0562 e. The van der Waals surface area contributed by atoms with Gasteiger partial charge in [-0.05, 0) is 31.0 Å². The van der Waals surface area contributed by atoms with Gasteiger partial charge >= 0.3 is 0 Å². The van der Waals surface area contributed by atoms with Gasteiger partial charge in [-0.2, -0.15) is 0 Å². The van der Waals surface area contributed by atoms with E-state index in [1.54, 1.807) is 0 Å². The maximum atomic E-state index is 4.41. The van der Waals surface area contributed by atoms with Gasteiger partial charge in [0.1, 0.15) is 0 Å². The molecule has 3 heteroatoms. The molecule has 0 bridgehead atoms. The molecule has 0 unspecified atom stereocenters. The largest absolute Gasteiger partial charge is 0.375 e. The van der Waals surface area contributed by atoms with E-state index < -0.39 is 0 Å². The van der Waals surface area contributed by atoms with Gasteiger partial charge < -0.3 is 10.2 Å². The Hall–Kier alpha value is -1.09. The second kappa shape index (κ2) is 8.09. The number of hydrogen-bond donors (Lipinski definition) is 1. The van der Waals surface area contributed by atoms with Crippen molar-refractivity contribution in [2.45, 2.75) is 40.2 Å². The fourth-order valence-electron chi connectivity index (χ4n) is 1.81. The standard InChI is InChI=1S/C15H27N3/c1-5-6-9-18(4)15-7-8-17-14(10-15)12-16-11-13(2)3/h7-8,10,13,16H,5-6,9,11-12H2,1-4H3. The molecule has 18 heavy (non-hydrogen) atoms. The number of unbranched alkanes of at least 4 members (excludes halogenated alkanes) is 1. The predicted molar refractivity (Wildman–Crippen MR) is 79.0 cm³/mol. The number of aromatic nitrogens is 1. The van der Waals surface area contributed by atoms with E-state index in [9.17, 15) is 0 Å². The van der Waals surface area contributed by atoms with E-state index in [1.807, 2.05) is 6.20 Å². The molecule has 1 heterocycles. The van der Waals surface area contributed by atoms with Crippen LogP contribution in [0, 0.1) is 5.92 Å². The average molecular weight is 249 g/mol. The Morgan fingerprint density at radius 1 is 1.39 bits per heavy atom. The first-order chi connectivity index (χ1) is 8.63. The summed E-state index contributed by atoms with van der Waals surface area (Å²) in [7, 11) is 2.15. The minimum atomic E-state index is 0.681. The van der Waals surface area contributed by atoms with Crippen molar-refractivity contribution >= 4 is 5.69 Å². The second-order valence-corrected chi connectivity index (χ2v) is 5.31. The molecule has 0 aliphatic rings. The van der Waals surface area contributed by atoms with Crippen molar-refractivity contribution < 1.29 is 0 Å². The van der Waals surface area contributed by atoms with Crippen LogP contribution in [0.1, 0.15) is 39.3 Å². The number of nitrogens with one attached hydrogen (secondary N) is 1. The Balaban J connectivity index is 2.50. The summed E-state index contributed by atoms with van der Waals surface area (Å²) >= 11 is 0. The fourth-order valence-corrected chi connectivity index (χ4v) is 1.81. The third kappa shape index (κ3) is 5.50. The van der Waals surface area contributed by atoms with Gasteiger partial charge in [0, 0.05) is 32.0 Å². The highest BCUT2D eigenvalue weighted by Gasteiger charge is 2.02. The zero-order chi connectivity index (χ0) is 13.4. The second-order valence-electron chi connectivity index (χ2n) is 5.31. The van der Waals surface area contributed by atoms with Crippen molar-refractivity contribution in [2.75, 3.05) is 25.0 Å². The quantitative estimate of drug-likeness (QED) is 0.767. The lowest BCUT2D eigenvalue weighted by Gasteiger charge is -2.19. The molecule has 1 N–H and O–H groups in total. The molecule has 0 aromatic carbocycles. The van der Waals surface area contributed by atoms with Crippen LogP contribution in [0.25, 0.3) is 0 Å². The van der Waals surface area contributed by atoms with Gasteiger partial charge in [-0.25, -0.2) is 0 Å². The Labute approximate surface area is 112 Å². The first-order valence-electron chi connectivity index (χ1n) is 7.00. The highest BCUT2D eigenvalue weighted by molar-refractivity contribution is 5.45. The highest BCUT2D eigenvalue weighted by atomic mass is 15.1. The molecule has 1 aromatic rings. The summed E-state index contributed by atoms with van der Waals surface area (Å²) in [6, 6.07) is 4.27. The lowest BCUT2D eigenvalue weighted by Crippen LogP contribution is -2.21. The van der Waals surface area contributed by atoms with Gasteiger partial charge in [0.2, 0.25) is 0 Å². The molecular weight excluding hydrogens is 222 g/mol. The lowest BCUT2D eigenvalue weighted by molar-refractivity contribution is 0.548. The first-order valence-corrected chi connectivity index (χ1v) is 7.00. The SMILES string of the molecule is CCCCN(C)c1ccnc(CNCC(C)C)c1. The Morgan fingerprint density at radius 3 is 2.83 bits per heavy atom. The van der Waals surface area contributed by atoms with Crippen LogP contribution in [-0.4, -0.2) is 25.1 Å². The van der Waals surface area contributed by atoms with Crippen LogP contribution in [0.4, 0.5) is 5.69 Å². The van der Waals surface area contributed by atoms with Crippen LogP contribution in [0.2, 0.25) is 0 Å². The van der Waals surface area contributed by atoms with Gasteiger partial charge in [-0.15, -0.1) is 0 Å². The van der Waals surface area contributed by atoms with Crippen LogP contribution in [0.15, 0.2) is 18.3 Å². The Morgan fingerprint density at radius 2 is 2.17 bits per heavy atom. The summed E-state index contributed by atoms with van der Waals surface area (Å²) < 4.78 is 0. The van der Waals surface area contributed by atoms with Crippen LogP contribution in [0.5, 0.6) is 0 Å². The van der Waals surface area contributed by atoms with Gasteiger partial charge in [-0.1, -0.05) is 27.2 Å². The fraction of sp³-hybridized carbons (Fsp3) is 0.667. The molecule has 0 atom stereocenters. The summed E-state index contributed by atoms with van der Waals surface area (Å²) in [4.78, 5) is 6.71. The summed E-state index contributed by atoms with van der Waals surface area (Å²) in [5.74, 6) is 0.681. The number of hydrogen-bond acceptors (Lipinski definition) is 3. The summed E-state index contributed by atoms with van der Waals surface area (Å²) in [5, 5.41) is 3.43. The van der Waals surface area contributed by atoms with Crippen molar-refractivity contribution in [1.82, 2.24) is 10.3 Å². The van der Waals surface area contributed by atoms with Crippen LogP contribution in [-0.2, 0) is 6.54 Å².